The maximum Gasteiger partial charge on any atom is 0.236 e. The van der Waals surface area contributed by atoms with Crippen molar-refractivity contribution in [3.63, 3.8) is 0 Å². The van der Waals surface area contributed by atoms with Crippen molar-refractivity contribution in [2.75, 3.05) is 18.6 Å². The van der Waals surface area contributed by atoms with Gasteiger partial charge in [-0.1, -0.05) is 6.92 Å². The monoisotopic (exact) mass is 204 g/mol. The van der Waals surface area contributed by atoms with E-state index in [9.17, 15) is 4.79 Å². The van der Waals surface area contributed by atoms with Gasteiger partial charge in [-0.05, 0) is 31.3 Å². The van der Waals surface area contributed by atoms with Crippen LogP contribution in [-0.4, -0.2) is 30.5 Å². The number of amides is 1. The fourth-order valence-electron chi connectivity index (χ4n) is 0.899. The Balaban J connectivity index is 3.27. The first-order valence-corrected chi connectivity index (χ1v) is 6.14. The van der Waals surface area contributed by atoms with Gasteiger partial charge in [-0.25, -0.2) is 0 Å². The summed E-state index contributed by atoms with van der Waals surface area (Å²) in [6, 6.07) is -0.333. The van der Waals surface area contributed by atoms with Crippen molar-refractivity contribution in [3.05, 3.63) is 0 Å². The second-order valence-corrected chi connectivity index (χ2v) is 3.99. The second kappa shape index (κ2) is 8.38. The van der Waals surface area contributed by atoms with E-state index in [-0.39, 0.29) is 11.9 Å². The lowest BCUT2D eigenvalue weighted by molar-refractivity contribution is -0.122. The standard InChI is InChI=1S/C9H20N2OS/c1-3-8(10)9(12)11-6-4-5-7-13-2/h8H,3-7,10H2,1-2H3,(H,11,12)/t8-/m1/s1. The van der Waals surface area contributed by atoms with Crippen molar-refractivity contribution in [3.8, 4) is 0 Å². The highest BCUT2D eigenvalue weighted by atomic mass is 32.2. The highest BCUT2D eigenvalue weighted by Gasteiger charge is 2.08. The van der Waals surface area contributed by atoms with E-state index < -0.39 is 0 Å². The van der Waals surface area contributed by atoms with Crippen molar-refractivity contribution >= 4 is 17.7 Å². The molecule has 0 rings (SSSR count). The highest BCUT2D eigenvalue weighted by Crippen LogP contribution is 1.97. The predicted octanol–water partition coefficient (Wildman–Crippen LogP) is 0.983. The number of carbonyl (C=O) groups is 1. The Bertz CT molecular complexity index is 142. The van der Waals surface area contributed by atoms with Crippen LogP contribution < -0.4 is 11.1 Å². The van der Waals surface area contributed by atoms with Crippen LogP contribution in [0.15, 0.2) is 0 Å². The Kier molecular flexibility index (Phi) is 8.24. The van der Waals surface area contributed by atoms with E-state index in [4.69, 9.17) is 5.73 Å². The van der Waals surface area contributed by atoms with Crippen LogP contribution in [0.25, 0.3) is 0 Å². The third kappa shape index (κ3) is 6.90. The van der Waals surface area contributed by atoms with Gasteiger partial charge in [0.25, 0.3) is 0 Å². The maximum absolute atomic E-state index is 11.2. The zero-order chi connectivity index (χ0) is 10.1. The third-order valence-electron chi connectivity index (χ3n) is 1.85. The first-order valence-electron chi connectivity index (χ1n) is 4.74. The summed E-state index contributed by atoms with van der Waals surface area (Å²) in [6.07, 6.45) is 4.99. The van der Waals surface area contributed by atoms with Gasteiger partial charge in [-0.2, -0.15) is 11.8 Å². The molecule has 0 fully saturated rings. The number of thioether (sulfide) groups is 1. The zero-order valence-electron chi connectivity index (χ0n) is 8.51. The summed E-state index contributed by atoms with van der Waals surface area (Å²) in [7, 11) is 0. The molecule has 3 N–H and O–H groups in total. The smallest absolute Gasteiger partial charge is 0.236 e. The molecule has 4 heteroatoms. The average Bonchev–Trinajstić information content (AvgIpc) is 2.16. The van der Waals surface area contributed by atoms with E-state index >= 15 is 0 Å². The van der Waals surface area contributed by atoms with Gasteiger partial charge >= 0.3 is 0 Å². The molecule has 1 atom stereocenters. The molecule has 3 nitrogen and oxygen atoms in total. The minimum atomic E-state index is -0.333. The van der Waals surface area contributed by atoms with Gasteiger partial charge in [0.2, 0.25) is 5.91 Å². The minimum absolute atomic E-state index is 0.0216. The largest absolute Gasteiger partial charge is 0.355 e. The van der Waals surface area contributed by atoms with Gasteiger partial charge < -0.3 is 11.1 Å². The molecule has 78 valence electrons. The van der Waals surface area contributed by atoms with Crippen molar-refractivity contribution < 1.29 is 4.79 Å². The molecule has 0 aliphatic carbocycles. The fraction of sp³-hybridized carbons (Fsp3) is 0.889. The average molecular weight is 204 g/mol. The number of unbranched alkanes of at least 4 members (excludes halogenated alkanes) is 1. The van der Waals surface area contributed by atoms with Crippen LogP contribution in [0.5, 0.6) is 0 Å². The summed E-state index contributed by atoms with van der Waals surface area (Å²) in [5.74, 6) is 1.14. The molecular weight excluding hydrogens is 184 g/mol. The van der Waals surface area contributed by atoms with Crippen molar-refractivity contribution in [1.82, 2.24) is 5.32 Å². The molecule has 0 aromatic carbocycles. The summed E-state index contributed by atoms with van der Waals surface area (Å²) < 4.78 is 0. The number of hydrogen-bond acceptors (Lipinski definition) is 3. The van der Waals surface area contributed by atoms with Crippen LogP contribution in [0, 0.1) is 0 Å². The normalized spacial score (nSPS) is 12.5. The quantitative estimate of drug-likeness (QED) is 0.608. The Morgan fingerprint density at radius 2 is 2.23 bits per heavy atom. The molecule has 0 heterocycles. The number of nitrogens with one attached hydrogen (secondary N) is 1. The summed E-state index contributed by atoms with van der Waals surface area (Å²) in [5, 5.41) is 2.82. The lowest BCUT2D eigenvalue weighted by Gasteiger charge is -2.09. The Labute approximate surface area is 84.8 Å². The Morgan fingerprint density at radius 1 is 1.54 bits per heavy atom. The van der Waals surface area contributed by atoms with E-state index in [0.717, 1.165) is 25.1 Å². The topological polar surface area (TPSA) is 55.1 Å². The van der Waals surface area contributed by atoms with Gasteiger partial charge in [0.05, 0.1) is 6.04 Å². The SMILES string of the molecule is CC[C@@H](N)C(=O)NCCCCSC. The maximum atomic E-state index is 11.2. The van der Waals surface area contributed by atoms with Crippen LogP contribution in [-0.2, 0) is 4.79 Å². The second-order valence-electron chi connectivity index (χ2n) is 3.01. The van der Waals surface area contributed by atoms with Gasteiger partial charge in [-0.15, -0.1) is 0 Å². The summed E-state index contributed by atoms with van der Waals surface area (Å²) in [5.41, 5.74) is 5.54. The number of rotatable bonds is 7. The van der Waals surface area contributed by atoms with Gasteiger partial charge in [0.1, 0.15) is 0 Å². The molecule has 0 aromatic rings. The molecule has 0 aromatic heterocycles. The molecule has 13 heavy (non-hydrogen) atoms. The lowest BCUT2D eigenvalue weighted by atomic mass is 10.2. The molecule has 0 spiro atoms. The summed E-state index contributed by atoms with van der Waals surface area (Å²) >= 11 is 1.83. The van der Waals surface area contributed by atoms with Crippen LogP contribution in [0.1, 0.15) is 26.2 Å². The van der Waals surface area contributed by atoms with Crippen molar-refractivity contribution in [2.24, 2.45) is 5.73 Å². The molecule has 0 radical (unpaired) electrons. The molecule has 0 unspecified atom stereocenters. The number of nitrogens with two attached hydrogens (primary N) is 1. The molecule has 0 bridgehead atoms. The highest BCUT2D eigenvalue weighted by molar-refractivity contribution is 7.98. The van der Waals surface area contributed by atoms with Crippen LogP contribution >= 0.6 is 11.8 Å². The lowest BCUT2D eigenvalue weighted by Crippen LogP contribution is -2.40. The number of hydrogen-bond donors (Lipinski definition) is 2. The summed E-state index contributed by atoms with van der Waals surface area (Å²) in [4.78, 5) is 11.2. The molecule has 0 saturated carbocycles. The van der Waals surface area contributed by atoms with E-state index in [1.54, 1.807) is 0 Å². The van der Waals surface area contributed by atoms with Gasteiger partial charge in [-0.3, -0.25) is 4.79 Å². The van der Waals surface area contributed by atoms with Gasteiger partial charge in [0, 0.05) is 6.54 Å². The van der Waals surface area contributed by atoms with Gasteiger partial charge in [0.15, 0.2) is 0 Å². The van der Waals surface area contributed by atoms with E-state index in [1.807, 2.05) is 18.7 Å². The predicted molar refractivity (Wildman–Crippen MR) is 58.9 cm³/mol. The first kappa shape index (κ1) is 12.8. The molecule has 0 saturated heterocycles. The Morgan fingerprint density at radius 3 is 2.77 bits per heavy atom. The van der Waals surface area contributed by atoms with Crippen LogP contribution in [0.4, 0.5) is 0 Å². The molecular formula is C9H20N2OS. The molecule has 1 amide bonds. The first-order chi connectivity index (χ1) is 6.22. The zero-order valence-corrected chi connectivity index (χ0v) is 9.32. The summed E-state index contributed by atoms with van der Waals surface area (Å²) in [6.45, 7) is 2.67. The van der Waals surface area contributed by atoms with E-state index in [0.29, 0.717) is 6.42 Å². The van der Waals surface area contributed by atoms with Crippen LogP contribution in [0.2, 0.25) is 0 Å². The van der Waals surface area contributed by atoms with Crippen molar-refractivity contribution in [2.45, 2.75) is 32.2 Å². The Hall–Kier alpha value is -0.220. The van der Waals surface area contributed by atoms with Crippen LogP contribution in [0.3, 0.4) is 0 Å². The fourth-order valence-corrected chi connectivity index (χ4v) is 1.39. The molecule has 0 aliphatic rings. The minimum Gasteiger partial charge on any atom is -0.355 e. The van der Waals surface area contributed by atoms with E-state index in [1.165, 1.54) is 0 Å². The van der Waals surface area contributed by atoms with Crippen molar-refractivity contribution in [1.29, 1.82) is 0 Å². The van der Waals surface area contributed by atoms with E-state index in [2.05, 4.69) is 11.6 Å². The number of carbonyl (C=O) groups excluding carboxylic acids is 1. The third-order valence-corrected chi connectivity index (χ3v) is 2.55. The molecule has 0 aliphatic heterocycles.